The Morgan fingerprint density at radius 1 is 0.865 bits per heavy atom. The fourth-order valence-electron chi connectivity index (χ4n) is 3.61. The van der Waals surface area contributed by atoms with E-state index in [0.29, 0.717) is 34.3 Å². The summed E-state index contributed by atoms with van der Waals surface area (Å²) in [7, 11) is 0. The molecule has 0 fully saturated rings. The molecular weight excluding hydrogens is 527 g/mol. The standard InChI is InChI=1S/C29H24Cl2N2O3S/c1-2-36-26-14-7-6-13-25(26)33-29(35)27(19-9-4-3-5-10-19)37-22-12-8-11-21(18-22)32-28(34)23-16-15-20(30)17-24(23)31/h3-18,27H,2H2,1H3,(H,32,34)(H,33,35). The number of rotatable bonds is 9. The molecule has 0 heterocycles. The molecular formula is C29H24Cl2N2O3S. The molecule has 37 heavy (non-hydrogen) atoms. The van der Waals surface area contributed by atoms with Crippen LogP contribution in [0.2, 0.25) is 10.0 Å². The smallest absolute Gasteiger partial charge is 0.257 e. The van der Waals surface area contributed by atoms with E-state index in [1.165, 1.54) is 17.8 Å². The number of hydrogen-bond donors (Lipinski definition) is 2. The minimum Gasteiger partial charge on any atom is -0.492 e. The van der Waals surface area contributed by atoms with E-state index in [2.05, 4.69) is 10.6 Å². The number of hydrogen-bond acceptors (Lipinski definition) is 4. The number of carbonyl (C=O) groups excluding carboxylic acids is 2. The summed E-state index contributed by atoms with van der Waals surface area (Å²) < 4.78 is 5.67. The lowest BCUT2D eigenvalue weighted by atomic mass is 10.1. The van der Waals surface area contributed by atoms with E-state index in [0.717, 1.165) is 10.5 Å². The van der Waals surface area contributed by atoms with Crippen LogP contribution < -0.4 is 15.4 Å². The highest BCUT2D eigenvalue weighted by Crippen LogP contribution is 2.38. The third-order valence-corrected chi connectivity index (χ3v) is 7.10. The number of halogens is 2. The first-order chi connectivity index (χ1) is 17.9. The maximum absolute atomic E-state index is 13.5. The van der Waals surface area contributed by atoms with E-state index >= 15 is 0 Å². The average molecular weight is 551 g/mol. The van der Waals surface area contributed by atoms with E-state index in [9.17, 15) is 9.59 Å². The summed E-state index contributed by atoms with van der Waals surface area (Å²) in [5.74, 6) is 0.0696. The monoisotopic (exact) mass is 550 g/mol. The van der Waals surface area contributed by atoms with Crippen LogP contribution in [0.1, 0.15) is 28.1 Å². The first-order valence-corrected chi connectivity index (χ1v) is 13.2. The maximum Gasteiger partial charge on any atom is 0.257 e. The summed E-state index contributed by atoms with van der Waals surface area (Å²) in [5.41, 5.74) is 2.35. The molecule has 4 aromatic carbocycles. The van der Waals surface area contributed by atoms with Gasteiger partial charge in [0.2, 0.25) is 5.91 Å². The topological polar surface area (TPSA) is 67.4 Å². The normalized spacial score (nSPS) is 11.4. The fourth-order valence-corrected chi connectivity index (χ4v) is 5.18. The van der Waals surface area contributed by atoms with Gasteiger partial charge in [-0.1, -0.05) is 71.7 Å². The van der Waals surface area contributed by atoms with E-state index in [4.69, 9.17) is 27.9 Å². The number of thioether (sulfide) groups is 1. The number of carbonyl (C=O) groups is 2. The summed E-state index contributed by atoms with van der Waals surface area (Å²) in [5, 5.41) is 6.05. The summed E-state index contributed by atoms with van der Waals surface area (Å²) in [6.45, 7) is 2.39. The number of anilines is 2. The minimum absolute atomic E-state index is 0.189. The largest absolute Gasteiger partial charge is 0.492 e. The molecule has 0 aliphatic carbocycles. The number of benzene rings is 4. The quantitative estimate of drug-likeness (QED) is 0.206. The summed E-state index contributed by atoms with van der Waals surface area (Å²) in [6, 6.07) is 28.9. The van der Waals surface area contributed by atoms with E-state index in [-0.39, 0.29) is 16.8 Å². The van der Waals surface area contributed by atoms with E-state index in [1.807, 2.05) is 79.7 Å². The van der Waals surface area contributed by atoms with Crippen LogP contribution in [0.15, 0.2) is 102 Å². The Balaban J connectivity index is 1.56. The second kappa shape index (κ2) is 12.7. The SMILES string of the molecule is CCOc1ccccc1NC(=O)C(Sc1cccc(NC(=O)c2ccc(Cl)cc2Cl)c1)c1ccccc1. The third kappa shape index (κ3) is 7.07. The highest BCUT2D eigenvalue weighted by molar-refractivity contribution is 8.00. The van der Waals surface area contributed by atoms with Gasteiger partial charge in [0.05, 0.1) is 22.9 Å². The summed E-state index contributed by atoms with van der Waals surface area (Å²) in [6.07, 6.45) is 0. The van der Waals surface area contributed by atoms with Gasteiger partial charge >= 0.3 is 0 Å². The van der Waals surface area contributed by atoms with Crippen molar-refractivity contribution in [2.45, 2.75) is 17.1 Å². The molecule has 0 aromatic heterocycles. The first-order valence-electron chi connectivity index (χ1n) is 11.6. The average Bonchev–Trinajstić information content (AvgIpc) is 2.89. The Morgan fingerprint density at radius 2 is 1.62 bits per heavy atom. The van der Waals surface area contributed by atoms with Crippen molar-refractivity contribution in [3.63, 3.8) is 0 Å². The zero-order chi connectivity index (χ0) is 26.2. The van der Waals surface area contributed by atoms with E-state index in [1.54, 1.807) is 18.2 Å². The minimum atomic E-state index is -0.549. The lowest BCUT2D eigenvalue weighted by molar-refractivity contribution is -0.115. The molecule has 1 atom stereocenters. The molecule has 1 unspecified atom stereocenters. The van der Waals surface area contributed by atoms with Gasteiger partial charge in [0.25, 0.3) is 5.91 Å². The van der Waals surface area contributed by atoms with Crippen molar-refractivity contribution >= 4 is 58.2 Å². The second-order valence-electron chi connectivity index (χ2n) is 7.93. The van der Waals surface area contributed by atoms with Crippen LogP contribution in [0, 0.1) is 0 Å². The molecule has 0 saturated heterocycles. The number of amides is 2. The molecule has 4 aromatic rings. The fraction of sp³-hybridized carbons (Fsp3) is 0.103. The molecule has 8 heteroatoms. The first kappa shape index (κ1) is 26.6. The molecule has 0 spiro atoms. The molecule has 0 saturated carbocycles. The summed E-state index contributed by atoms with van der Waals surface area (Å²) >= 11 is 13.5. The number of nitrogens with one attached hydrogen (secondary N) is 2. The van der Waals surface area contributed by atoms with Crippen molar-refractivity contribution in [3.8, 4) is 5.75 Å². The Bertz CT molecular complexity index is 1400. The third-order valence-electron chi connectivity index (χ3n) is 5.31. The van der Waals surface area contributed by atoms with Gasteiger partial charge in [-0.2, -0.15) is 0 Å². The van der Waals surface area contributed by atoms with Gasteiger partial charge in [-0.25, -0.2) is 0 Å². The number of para-hydroxylation sites is 2. The molecule has 188 valence electrons. The Labute approximate surface area is 230 Å². The van der Waals surface area contributed by atoms with Crippen molar-refractivity contribution in [3.05, 3.63) is 118 Å². The van der Waals surface area contributed by atoms with Crippen LogP contribution in [0.3, 0.4) is 0 Å². The predicted molar refractivity (Wildman–Crippen MR) is 152 cm³/mol. The van der Waals surface area contributed by atoms with Gasteiger partial charge in [0, 0.05) is 15.6 Å². The Kier molecular flexibility index (Phi) is 9.12. The molecule has 4 rings (SSSR count). The van der Waals surface area contributed by atoms with Gasteiger partial charge in [-0.05, 0) is 61.0 Å². The van der Waals surface area contributed by atoms with Crippen LogP contribution in [-0.2, 0) is 4.79 Å². The van der Waals surface area contributed by atoms with Gasteiger partial charge in [0.1, 0.15) is 11.0 Å². The van der Waals surface area contributed by atoms with Crippen LogP contribution in [0.4, 0.5) is 11.4 Å². The van der Waals surface area contributed by atoms with Gasteiger partial charge in [-0.3, -0.25) is 9.59 Å². The Hall–Kier alpha value is -3.45. The van der Waals surface area contributed by atoms with Crippen LogP contribution in [0.25, 0.3) is 0 Å². The van der Waals surface area contributed by atoms with Gasteiger partial charge in [-0.15, -0.1) is 11.8 Å². The van der Waals surface area contributed by atoms with Crippen molar-refractivity contribution < 1.29 is 14.3 Å². The van der Waals surface area contributed by atoms with Crippen LogP contribution in [0.5, 0.6) is 5.75 Å². The lowest BCUT2D eigenvalue weighted by Gasteiger charge is -2.19. The van der Waals surface area contributed by atoms with Crippen molar-refractivity contribution in [1.29, 1.82) is 0 Å². The van der Waals surface area contributed by atoms with Crippen molar-refractivity contribution in [1.82, 2.24) is 0 Å². The molecule has 2 amide bonds. The molecule has 5 nitrogen and oxygen atoms in total. The van der Waals surface area contributed by atoms with Gasteiger partial charge in [0.15, 0.2) is 0 Å². The highest BCUT2D eigenvalue weighted by Gasteiger charge is 2.23. The van der Waals surface area contributed by atoms with E-state index < -0.39 is 5.25 Å². The van der Waals surface area contributed by atoms with Crippen molar-refractivity contribution in [2.24, 2.45) is 0 Å². The predicted octanol–water partition coefficient (Wildman–Crippen LogP) is 8.12. The molecule has 0 aliphatic rings. The maximum atomic E-state index is 13.5. The Morgan fingerprint density at radius 3 is 2.38 bits per heavy atom. The zero-order valence-corrected chi connectivity index (χ0v) is 22.2. The highest BCUT2D eigenvalue weighted by atomic mass is 35.5. The molecule has 0 radical (unpaired) electrons. The summed E-state index contributed by atoms with van der Waals surface area (Å²) in [4.78, 5) is 27.1. The van der Waals surface area contributed by atoms with Crippen LogP contribution in [-0.4, -0.2) is 18.4 Å². The van der Waals surface area contributed by atoms with Gasteiger partial charge < -0.3 is 15.4 Å². The second-order valence-corrected chi connectivity index (χ2v) is 9.96. The van der Waals surface area contributed by atoms with Crippen molar-refractivity contribution in [2.75, 3.05) is 17.2 Å². The molecule has 2 N–H and O–H groups in total. The number of ether oxygens (including phenoxy) is 1. The lowest BCUT2D eigenvalue weighted by Crippen LogP contribution is -2.19. The zero-order valence-electron chi connectivity index (χ0n) is 19.9. The molecule has 0 bridgehead atoms. The molecule has 0 aliphatic heterocycles. The van der Waals surface area contributed by atoms with Crippen LogP contribution >= 0.6 is 35.0 Å².